The molecule has 20 heteroatoms. The van der Waals surface area contributed by atoms with Gasteiger partial charge in [-0.2, -0.15) is 8.78 Å². The molecule has 8 rings (SSSR count). The Morgan fingerprint density at radius 1 is 1.02 bits per heavy atom. The van der Waals surface area contributed by atoms with Gasteiger partial charge in [0.15, 0.2) is 5.69 Å². The highest BCUT2D eigenvalue weighted by atomic mass is 32.2. The number of amides is 4. The number of ether oxygens (including phenoxy) is 3. The largest absolute Gasteiger partial charge is 0.497 e. The van der Waals surface area contributed by atoms with Crippen LogP contribution in [0.25, 0.3) is 11.0 Å². The van der Waals surface area contributed by atoms with Gasteiger partial charge in [0, 0.05) is 18.4 Å². The van der Waals surface area contributed by atoms with Gasteiger partial charge in [0.05, 0.1) is 35.4 Å². The van der Waals surface area contributed by atoms with Crippen LogP contribution in [0, 0.1) is 35.0 Å². The Balaban J connectivity index is 1.18. The fourth-order valence-electron chi connectivity index (χ4n) is 9.75. The molecule has 4 saturated carbocycles. The molecule has 15 nitrogen and oxygen atoms in total. The zero-order valence-electron chi connectivity index (χ0n) is 35.5. The van der Waals surface area contributed by atoms with Crippen molar-refractivity contribution in [3.63, 3.8) is 0 Å². The van der Waals surface area contributed by atoms with E-state index < -0.39 is 129 Å². The van der Waals surface area contributed by atoms with E-state index in [0.717, 1.165) is 11.3 Å². The predicted molar refractivity (Wildman–Crippen MR) is 214 cm³/mol. The molecule has 1 aromatic carbocycles. The topological polar surface area (TPSA) is 195 Å². The Hall–Kier alpha value is -4.49. The molecular formula is C42H54F4N6O9S. The van der Waals surface area contributed by atoms with E-state index in [1.54, 1.807) is 26.8 Å². The fourth-order valence-corrected chi connectivity index (χ4v) is 11.1. The van der Waals surface area contributed by atoms with Crippen LogP contribution in [-0.2, 0) is 35.1 Å². The van der Waals surface area contributed by atoms with Gasteiger partial charge in [-0.15, -0.1) is 0 Å². The molecule has 1 unspecified atom stereocenters. The molecule has 2 bridgehead atoms. The second kappa shape index (κ2) is 15.3. The Kier molecular flexibility index (Phi) is 10.9. The van der Waals surface area contributed by atoms with E-state index in [-0.39, 0.29) is 36.2 Å². The summed E-state index contributed by atoms with van der Waals surface area (Å²) < 4.78 is 106. The summed E-state index contributed by atoms with van der Waals surface area (Å²) in [7, 11) is -2.89. The Bertz CT molecular complexity index is 2270. The van der Waals surface area contributed by atoms with Crippen LogP contribution in [-0.4, -0.2) is 102 Å². The van der Waals surface area contributed by atoms with E-state index in [1.165, 1.54) is 33.1 Å². The predicted octanol–water partition coefficient (Wildman–Crippen LogP) is 5.20. The van der Waals surface area contributed by atoms with Gasteiger partial charge in [-0.05, 0) is 87.2 Å². The van der Waals surface area contributed by atoms with Crippen molar-refractivity contribution in [2.24, 2.45) is 35.0 Å². The lowest BCUT2D eigenvalue weighted by Gasteiger charge is -2.36. The molecule has 0 radical (unpaired) electrons. The minimum Gasteiger partial charge on any atom is -0.497 e. The normalized spacial score (nSPS) is 34.0. The fraction of sp³-hybridized carbons (Fsp3) is 0.714. The van der Waals surface area contributed by atoms with Crippen LogP contribution in [0.4, 0.5) is 22.4 Å². The van der Waals surface area contributed by atoms with Crippen molar-refractivity contribution < 1.29 is 59.4 Å². The van der Waals surface area contributed by atoms with Crippen molar-refractivity contribution in [2.75, 3.05) is 13.7 Å². The van der Waals surface area contributed by atoms with Crippen molar-refractivity contribution in [2.45, 2.75) is 139 Å². The van der Waals surface area contributed by atoms with Crippen molar-refractivity contribution >= 4 is 44.9 Å². The van der Waals surface area contributed by atoms with Gasteiger partial charge in [-0.3, -0.25) is 19.1 Å². The minimum absolute atomic E-state index is 0.0595. The van der Waals surface area contributed by atoms with Crippen LogP contribution in [0.15, 0.2) is 18.2 Å². The average molecular weight is 895 g/mol. The summed E-state index contributed by atoms with van der Waals surface area (Å²) in [6, 6.07) is 1.58. The van der Waals surface area contributed by atoms with Crippen LogP contribution in [0.1, 0.15) is 98.1 Å². The standard InChI is InChI=1S/C42H54F4N6O9S/c1-20-29-19-52(30(20)34(53)50-41(18-25(41)33(43)44)37(55)51-62(57,58)40(5)13-14-40)36(54)32(39(2,3)4)49-38(56)61-28-16-21-15-24(21)23(28)9-7-8-12-42(45,46)31-35(60-29)48-27-17-22(59-6)10-11-26(27)47-31/h10-11,17,20-21,23-25,28-30,32-33H,7-9,12-16,18-19H2,1-6H3,(H,49,56)(H,50,53)(H,51,55)/t20-,21?,23-,24+,25+,28-,29+,30+,32-,41-/m1/s1. The van der Waals surface area contributed by atoms with Crippen LogP contribution in [0.2, 0.25) is 0 Å². The third-order valence-electron chi connectivity index (χ3n) is 14.1. The lowest BCUT2D eigenvalue weighted by molar-refractivity contribution is -0.143. The van der Waals surface area contributed by atoms with Gasteiger partial charge >= 0.3 is 6.09 Å². The zero-order valence-corrected chi connectivity index (χ0v) is 36.3. The first-order valence-corrected chi connectivity index (χ1v) is 22.8. The van der Waals surface area contributed by atoms with E-state index in [0.29, 0.717) is 36.8 Å². The molecule has 1 saturated heterocycles. The van der Waals surface area contributed by atoms with Gasteiger partial charge in [0.25, 0.3) is 11.8 Å². The molecule has 3 heterocycles. The summed E-state index contributed by atoms with van der Waals surface area (Å²) in [5.41, 5.74) is -3.83. The number of methoxy groups -OCH3 is 1. The number of hydrogen-bond acceptors (Lipinski definition) is 11. The van der Waals surface area contributed by atoms with Crippen molar-refractivity contribution in [3.05, 3.63) is 23.9 Å². The van der Waals surface area contributed by atoms with E-state index >= 15 is 8.78 Å². The molecular weight excluding hydrogens is 841 g/mol. The van der Waals surface area contributed by atoms with E-state index in [9.17, 15) is 36.4 Å². The number of nitrogens with one attached hydrogen (secondary N) is 3. The monoisotopic (exact) mass is 894 g/mol. The molecule has 4 aliphatic carbocycles. The number of alkyl carbamates (subject to hydrolysis) is 1. The molecule has 0 spiro atoms. The maximum atomic E-state index is 16.5. The highest BCUT2D eigenvalue weighted by Crippen LogP contribution is 2.58. The Morgan fingerprint density at radius 2 is 1.74 bits per heavy atom. The molecule has 3 N–H and O–H groups in total. The maximum Gasteiger partial charge on any atom is 0.408 e. The summed E-state index contributed by atoms with van der Waals surface area (Å²) in [5.74, 6) is -9.27. The smallest absolute Gasteiger partial charge is 0.408 e. The molecule has 1 aromatic heterocycles. The molecule has 6 aliphatic rings. The second-order valence-corrected chi connectivity index (χ2v) is 21.8. The SMILES string of the molecule is COc1ccc2nc3c(nc2c1)O[C@H]1CN(C(=O)[C@H](C(C)(C)C)NC(=O)O[C@@H]2CC4C[C@@H]4[C@H]2CCCCC3(F)F)[C@H](C(=O)N[C@]2(C(=O)NS(=O)(=O)C3(C)CC3)C[C@H]2C(F)F)[C@@H]1C. The lowest BCUT2D eigenvalue weighted by atomic mass is 9.85. The summed E-state index contributed by atoms with van der Waals surface area (Å²) in [4.78, 5) is 66.8. The molecule has 2 aliphatic heterocycles. The third-order valence-corrected chi connectivity index (χ3v) is 16.3. The van der Waals surface area contributed by atoms with Gasteiger partial charge in [0.1, 0.15) is 35.6 Å². The quantitative estimate of drug-likeness (QED) is 0.309. The maximum absolute atomic E-state index is 16.5. The third kappa shape index (κ3) is 8.01. The summed E-state index contributed by atoms with van der Waals surface area (Å²) in [5, 5.41) is 5.12. The van der Waals surface area contributed by atoms with Crippen LogP contribution in [0.5, 0.6) is 11.6 Å². The van der Waals surface area contributed by atoms with E-state index in [2.05, 4.69) is 20.6 Å². The number of sulfonamides is 1. The van der Waals surface area contributed by atoms with Crippen molar-refractivity contribution in [1.82, 2.24) is 30.2 Å². The number of fused-ring (bicyclic) bond motifs is 7. The molecule has 5 fully saturated rings. The number of rotatable bonds is 7. The van der Waals surface area contributed by atoms with Crippen LogP contribution >= 0.6 is 0 Å². The van der Waals surface area contributed by atoms with Crippen LogP contribution in [0.3, 0.4) is 0 Å². The molecule has 62 heavy (non-hydrogen) atoms. The van der Waals surface area contributed by atoms with Crippen LogP contribution < -0.4 is 24.8 Å². The van der Waals surface area contributed by atoms with Gasteiger partial charge < -0.3 is 29.7 Å². The Labute approximate surface area is 357 Å². The highest BCUT2D eigenvalue weighted by molar-refractivity contribution is 7.91. The number of alkyl halides is 4. The van der Waals surface area contributed by atoms with Crippen molar-refractivity contribution in [3.8, 4) is 11.6 Å². The number of hydrogen-bond donors (Lipinski definition) is 3. The summed E-state index contributed by atoms with van der Waals surface area (Å²) in [6.07, 6.45) is -3.85. The minimum atomic E-state index is -4.31. The molecule has 4 amide bonds. The number of nitrogens with zero attached hydrogens (tertiary/aromatic N) is 3. The average Bonchev–Trinajstić information content (AvgIpc) is 4.15. The van der Waals surface area contributed by atoms with Gasteiger partial charge in [-0.1, -0.05) is 34.1 Å². The highest BCUT2D eigenvalue weighted by Gasteiger charge is 2.68. The molecule has 2 aromatic rings. The zero-order chi connectivity index (χ0) is 44.9. The summed E-state index contributed by atoms with van der Waals surface area (Å²) >= 11 is 0. The Morgan fingerprint density at radius 3 is 2.39 bits per heavy atom. The molecule has 10 atom stereocenters. The second-order valence-electron chi connectivity index (χ2n) is 19.6. The number of halogens is 4. The first-order chi connectivity index (χ1) is 29.0. The van der Waals surface area contributed by atoms with Crippen molar-refractivity contribution in [1.29, 1.82) is 0 Å². The lowest BCUT2D eigenvalue weighted by Crippen LogP contribution is -2.61. The summed E-state index contributed by atoms with van der Waals surface area (Å²) in [6.45, 7) is 7.50. The number of carbonyl (C=O) groups is 4. The van der Waals surface area contributed by atoms with E-state index in [4.69, 9.17) is 14.2 Å². The number of benzene rings is 1. The van der Waals surface area contributed by atoms with Gasteiger partial charge in [-0.25, -0.2) is 32.0 Å². The molecule has 340 valence electrons. The first-order valence-electron chi connectivity index (χ1n) is 21.3. The van der Waals surface area contributed by atoms with E-state index in [1.807, 2.05) is 4.72 Å². The van der Waals surface area contributed by atoms with Gasteiger partial charge in [0.2, 0.25) is 34.1 Å². The first kappa shape index (κ1) is 44.1. The number of aromatic nitrogens is 2. The number of carbonyl (C=O) groups excluding carboxylic acids is 4.